The van der Waals surface area contributed by atoms with E-state index in [4.69, 9.17) is 5.11 Å². The minimum Gasteiger partial charge on any atom is -0.481 e. The molecule has 1 aromatic rings. The molecular weight excluding hydrogens is 275 g/mol. The first-order valence-electron chi connectivity index (χ1n) is 6.89. The largest absolute Gasteiger partial charge is 0.481 e. The second-order valence-corrected chi connectivity index (χ2v) is 5.41. The number of carbonyl (C=O) groups excluding carboxylic acids is 1. The van der Waals surface area contributed by atoms with Gasteiger partial charge in [0.1, 0.15) is 5.82 Å². The van der Waals surface area contributed by atoms with Gasteiger partial charge in [-0.25, -0.2) is 9.18 Å². The van der Waals surface area contributed by atoms with Crippen molar-refractivity contribution in [3.8, 4) is 0 Å². The molecule has 0 heterocycles. The van der Waals surface area contributed by atoms with Crippen molar-refractivity contribution in [2.45, 2.75) is 26.7 Å². The first kappa shape index (κ1) is 16.9. The van der Waals surface area contributed by atoms with Crippen molar-refractivity contribution in [2.24, 2.45) is 11.8 Å². The Kier molecular flexibility index (Phi) is 6.65. The van der Waals surface area contributed by atoms with Crippen LogP contribution in [-0.4, -0.2) is 23.7 Å². The molecule has 0 aliphatic carbocycles. The summed E-state index contributed by atoms with van der Waals surface area (Å²) >= 11 is 0. The number of urea groups is 1. The second-order valence-electron chi connectivity index (χ2n) is 5.41. The van der Waals surface area contributed by atoms with E-state index in [-0.39, 0.29) is 24.6 Å². The molecule has 0 aliphatic heterocycles. The number of anilines is 1. The van der Waals surface area contributed by atoms with E-state index in [1.807, 2.05) is 13.8 Å². The van der Waals surface area contributed by atoms with Crippen LogP contribution in [0.5, 0.6) is 0 Å². The predicted octanol–water partition coefficient (Wildman–Crippen LogP) is 3.08. The Hall–Kier alpha value is -2.11. The molecule has 0 fully saturated rings. The Morgan fingerprint density at radius 3 is 2.52 bits per heavy atom. The molecule has 0 spiro atoms. The molecule has 3 N–H and O–H groups in total. The summed E-state index contributed by atoms with van der Waals surface area (Å²) in [4.78, 5) is 22.5. The lowest BCUT2D eigenvalue weighted by Crippen LogP contribution is -2.34. The van der Waals surface area contributed by atoms with E-state index >= 15 is 0 Å². The first-order chi connectivity index (χ1) is 9.88. The summed E-state index contributed by atoms with van der Waals surface area (Å²) in [7, 11) is 0. The van der Waals surface area contributed by atoms with Crippen LogP contribution in [0.4, 0.5) is 14.9 Å². The second kappa shape index (κ2) is 8.24. The fourth-order valence-electron chi connectivity index (χ4n) is 2.12. The lowest BCUT2D eigenvalue weighted by Gasteiger charge is -2.18. The number of para-hydroxylation sites is 1. The number of hydrogen-bond acceptors (Lipinski definition) is 2. The van der Waals surface area contributed by atoms with E-state index in [2.05, 4.69) is 10.6 Å². The number of carboxylic acid groups (broad SMARTS) is 1. The quantitative estimate of drug-likeness (QED) is 0.723. The lowest BCUT2D eigenvalue weighted by molar-refractivity contribution is -0.138. The molecule has 0 aromatic heterocycles. The van der Waals surface area contributed by atoms with E-state index in [1.165, 1.54) is 18.2 Å². The average molecular weight is 296 g/mol. The topological polar surface area (TPSA) is 78.4 Å². The monoisotopic (exact) mass is 296 g/mol. The molecule has 116 valence electrons. The van der Waals surface area contributed by atoms with E-state index in [0.29, 0.717) is 12.3 Å². The average Bonchev–Trinajstić information content (AvgIpc) is 2.37. The highest BCUT2D eigenvalue weighted by Crippen LogP contribution is 2.15. The van der Waals surface area contributed by atoms with Gasteiger partial charge < -0.3 is 15.7 Å². The van der Waals surface area contributed by atoms with Crippen LogP contribution in [0, 0.1) is 17.7 Å². The Labute approximate surface area is 123 Å². The molecule has 0 saturated heterocycles. The molecule has 21 heavy (non-hydrogen) atoms. The number of halogens is 1. The Morgan fingerprint density at radius 2 is 1.95 bits per heavy atom. The van der Waals surface area contributed by atoms with Gasteiger partial charge in [-0.15, -0.1) is 0 Å². The molecule has 1 aromatic carbocycles. The van der Waals surface area contributed by atoms with Gasteiger partial charge in [-0.05, 0) is 30.4 Å². The molecule has 0 aliphatic rings. The molecule has 0 radical (unpaired) electrons. The number of amides is 2. The lowest BCUT2D eigenvalue weighted by atomic mass is 9.94. The van der Waals surface area contributed by atoms with E-state index in [9.17, 15) is 14.0 Å². The van der Waals surface area contributed by atoms with Gasteiger partial charge in [-0.2, -0.15) is 0 Å². The van der Waals surface area contributed by atoms with Gasteiger partial charge in [0.15, 0.2) is 0 Å². The summed E-state index contributed by atoms with van der Waals surface area (Å²) in [5.41, 5.74) is 0.0913. The van der Waals surface area contributed by atoms with Crippen molar-refractivity contribution < 1.29 is 19.1 Å². The number of rotatable bonds is 7. The van der Waals surface area contributed by atoms with Crippen LogP contribution in [0.2, 0.25) is 0 Å². The Bertz CT molecular complexity index is 492. The molecule has 1 rings (SSSR count). The predicted molar refractivity (Wildman–Crippen MR) is 78.6 cm³/mol. The maximum Gasteiger partial charge on any atom is 0.319 e. The van der Waals surface area contributed by atoms with E-state index in [0.717, 1.165) is 0 Å². The molecular formula is C15H21FN2O3. The number of carbonyl (C=O) groups is 2. The van der Waals surface area contributed by atoms with Crippen LogP contribution in [0.15, 0.2) is 24.3 Å². The molecule has 2 amide bonds. The van der Waals surface area contributed by atoms with Crippen LogP contribution in [0.3, 0.4) is 0 Å². The third kappa shape index (κ3) is 6.74. The van der Waals surface area contributed by atoms with E-state index < -0.39 is 17.8 Å². The van der Waals surface area contributed by atoms with Gasteiger partial charge in [0, 0.05) is 13.0 Å². The van der Waals surface area contributed by atoms with Gasteiger partial charge in [0.25, 0.3) is 0 Å². The summed E-state index contributed by atoms with van der Waals surface area (Å²) in [5, 5.41) is 13.8. The van der Waals surface area contributed by atoms with Crippen molar-refractivity contribution in [3.63, 3.8) is 0 Å². The molecule has 0 unspecified atom stereocenters. The molecule has 1 atom stereocenters. The fraction of sp³-hybridized carbons (Fsp3) is 0.467. The summed E-state index contributed by atoms with van der Waals surface area (Å²) in [5.74, 6) is -1.21. The Morgan fingerprint density at radius 1 is 1.29 bits per heavy atom. The number of nitrogens with one attached hydrogen (secondary N) is 2. The molecule has 0 bridgehead atoms. The van der Waals surface area contributed by atoms with Crippen molar-refractivity contribution in [1.82, 2.24) is 5.32 Å². The first-order valence-corrected chi connectivity index (χ1v) is 6.89. The van der Waals surface area contributed by atoms with Crippen LogP contribution >= 0.6 is 0 Å². The number of hydrogen-bond donors (Lipinski definition) is 3. The highest BCUT2D eigenvalue weighted by molar-refractivity contribution is 5.89. The number of benzene rings is 1. The molecule has 5 nitrogen and oxygen atoms in total. The smallest absolute Gasteiger partial charge is 0.319 e. The molecule has 0 saturated carbocycles. The van der Waals surface area contributed by atoms with Gasteiger partial charge >= 0.3 is 12.0 Å². The van der Waals surface area contributed by atoms with Gasteiger partial charge in [0.05, 0.1) is 5.69 Å². The zero-order valence-electron chi connectivity index (χ0n) is 12.2. The van der Waals surface area contributed by atoms with Crippen LogP contribution < -0.4 is 10.6 Å². The van der Waals surface area contributed by atoms with Gasteiger partial charge in [0.2, 0.25) is 0 Å². The van der Waals surface area contributed by atoms with Crippen molar-refractivity contribution >= 4 is 17.7 Å². The highest BCUT2D eigenvalue weighted by Gasteiger charge is 2.16. The van der Waals surface area contributed by atoms with Crippen molar-refractivity contribution in [2.75, 3.05) is 11.9 Å². The van der Waals surface area contributed by atoms with E-state index in [1.54, 1.807) is 6.07 Å². The summed E-state index contributed by atoms with van der Waals surface area (Å²) in [6, 6.07) is 5.31. The van der Waals surface area contributed by atoms with Crippen molar-refractivity contribution in [1.29, 1.82) is 0 Å². The maximum atomic E-state index is 13.4. The third-order valence-electron chi connectivity index (χ3n) is 2.94. The summed E-state index contributed by atoms with van der Waals surface area (Å²) in [6.45, 7) is 4.23. The van der Waals surface area contributed by atoms with Crippen LogP contribution in [0.25, 0.3) is 0 Å². The SMILES string of the molecule is CC(C)C[C@H](CNC(=O)Nc1ccccc1F)CC(=O)O. The minimum absolute atomic E-state index is 0.00183. The standard InChI is InChI=1S/C15H21FN2O3/c1-10(2)7-11(8-14(19)20)9-17-15(21)18-13-6-4-3-5-12(13)16/h3-6,10-11H,7-9H2,1-2H3,(H,19,20)(H2,17,18,21)/t11-/m0/s1. The number of carboxylic acids is 1. The van der Waals surface area contributed by atoms with Crippen LogP contribution in [0.1, 0.15) is 26.7 Å². The normalized spacial score (nSPS) is 12.0. The fourth-order valence-corrected chi connectivity index (χ4v) is 2.12. The Balaban J connectivity index is 2.49. The number of aliphatic carboxylic acids is 1. The van der Waals surface area contributed by atoms with Gasteiger partial charge in [-0.3, -0.25) is 4.79 Å². The highest BCUT2D eigenvalue weighted by atomic mass is 19.1. The zero-order chi connectivity index (χ0) is 15.8. The summed E-state index contributed by atoms with van der Waals surface area (Å²) < 4.78 is 13.4. The zero-order valence-corrected chi connectivity index (χ0v) is 12.2. The summed E-state index contributed by atoms with van der Waals surface area (Å²) in [6.07, 6.45) is 0.699. The van der Waals surface area contributed by atoms with Gasteiger partial charge in [-0.1, -0.05) is 26.0 Å². The third-order valence-corrected chi connectivity index (χ3v) is 2.94. The minimum atomic E-state index is -0.892. The van der Waals surface area contributed by atoms with Crippen molar-refractivity contribution in [3.05, 3.63) is 30.1 Å². The maximum absolute atomic E-state index is 13.4. The molecule has 6 heteroatoms. The van der Waals surface area contributed by atoms with Crippen LogP contribution in [-0.2, 0) is 4.79 Å².